The maximum atomic E-state index is 8.73. The van der Waals surface area contributed by atoms with Crippen molar-refractivity contribution in [1.29, 1.82) is 5.26 Å². The normalized spacial score (nSPS) is 29.5. The van der Waals surface area contributed by atoms with Crippen LogP contribution in [-0.2, 0) is 9.05 Å². The first-order chi connectivity index (χ1) is 10.0. The Labute approximate surface area is 130 Å². The van der Waals surface area contributed by atoms with Crippen LogP contribution in [0.15, 0.2) is 0 Å². The molecule has 4 nitrogen and oxygen atoms in total. The Bertz CT molecular complexity index is 362. The topological polar surface area (TPSA) is 45.5 Å². The van der Waals surface area contributed by atoms with E-state index >= 15 is 0 Å². The number of rotatable bonds is 8. The molecular formula is C16H29N2O2P. The summed E-state index contributed by atoms with van der Waals surface area (Å²) >= 11 is 0. The lowest BCUT2D eigenvalue weighted by Crippen LogP contribution is -2.35. The molecule has 0 aromatic rings. The van der Waals surface area contributed by atoms with Crippen LogP contribution in [-0.4, -0.2) is 29.5 Å². The van der Waals surface area contributed by atoms with Gasteiger partial charge in [0.1, 0.15) is 0 Å². The van der Waals surface area contributed by atoms with Gasteiger partial charge in [0.2, 0.25) is 0 Å². The van der Waals surface area contributed by atoms with E-state index in [0.29, 0.717) is 31.2 Å². The van der Waals surface area contributed by atoms with Crippen molar-refractivity contribution in [1.82, 2.24) is 4.67 Å². The SMILES string of the molecule is CC(C)N(C(C)C)P(OCCC#N)OC1CC2CCC1C2. The number of nitriles is 1. The fourth-order valence-electron chi connectivity index (χ4n) is 3.73. The summed E-state index contributed by atoms with van der Waals surface area (Å²) in [6, 6.07) is 2.92. The number of fused-ring (bicyclic) bond motifs is 2. The molecule has 2 rings (SSSR count). The van der Waals surface area contributed by atoms with Gasteiger partial charge in [-0.2, -0.15) is 5.26 Å². The molecule has 0 aromatic heterocycles. The van der Waals surface area contributed by atoms with Crippen molar-refractivity contribution in [2.45, 2.75) is 78.0 Å². The minimum atomic E-state index is -1.06. The largest absolute Gasteiger partial charge is 0.321 e. The molecule has 2 aliphatic rings. The molecule has 5 heteroatoms. The van der Waals surface area contributed by atoms with Crippen molar-refractivity contribution < 1.29 is 9.05 Å². The van der Waals surface area contributed by atoms with E-state index in [1.165, 1.54) is 25.7 Å². The van der Waals surface area contributed by atoms with E-state index in [4.69, 9.17) is 14.3 Å². The van der Waals surface area contributed by atoms with Gasteiger partial charge in [-0.15, -0.1) is 0 Å². The van der Waals surface area contributed by atoms with Crippen LogP contribution in [0.1, 0.15) is 59.8 Å². The Balaban J connectivity index is 1.98. The van der Waals surface area contributed by atoms with Gasteiger partial charge in [0.15, 0.2) is 0 Å². The second kappa shape index (κ2) is 7.88. The third-order valence-electron chi connectivity index (χ3n) is 4.56. The summed E-state index contributed by atoms with van der Waals surface area (Å²) in [6.07, 6.45) is 6.06. The molecule has 2 saturated carbocycles. The Morgan fingerprint density at radius 1 is 1.19 bits per heavy atom. The average molecular weight is 312 g/mol. The van der Waals surface area contributed by atoms with Crippen LogP contribution < -0.4 is 0 Å². The molecule has 2 bridgehead atoms. The van der Waals surface area contributed by atoms with Crippen LogP contribution in [0.5, 0.6) is 0 Å². The molecule has 0 heterocycles. The van der Waals surface area contributed by atoms with Gasteiger partial charge >= 0.3 is 0 Å². The zero-order valence-electron chi connectivity index (χ0n) is 13.8. The van der Waals surface area contributed by atoms with E-state index in [1.807, 2.05) is 0 Å². The summed E-state index contributed by atoms with van der Waals surface area (Å²) < 4.78 is 14.8. The number of hydrogen-bond donors (Lipinski definition) is 0. The lowest BCUT2D eigenvalue weighted by Gasteiger charge is -2.38. The molecule has 2 aliphatic carbocycles. The minimum Gasteiger partial charge on any atom is -0.321 e. The van der Waals surface area contributed by atoms with Crippen LogP contribution >= 0.6 is 8.53 Å². The number of nitrogens with zero attached hydrogens (tertiary/aromatic N) is 2. The Kier molecular flexibility index (Phi) is 6.44. The standard InChI is InChI=1S/C16H29N2O2P/c1-12(2)18(13(3)4)21(19-9-5-8-17)20-16-11-14-6-7-15(16)10-14/h12-16H,5-7,9-11H2,1-4H3. The maximum Gasteiger partial charge on any atom is 0.259 e. The van der Waals surface area contributed by atoms with Gasteiger partial charge in [-0.05, 0) is 65.2 Å². The summed E-state index contributed by atoms with van der Waals surface area (Å²) in [5.41, 5.74) is 0. The van der Waals surface area contributed by atoms with Crippen molar-refractivity contribution >= 4 is 8.53 Å². The lowest BCUT2D eigenvalue weighted by molar-refractivity contribution is 0.0966. The molecular weight excluding hydrogens is 283 g/mol. The molecule has 4 atom stereocenters. The van der Waals surface area contributed by atoms with Crippen LogP contribution in [0.2, 0.25) is 0 Å². The van der Waals surface area contributed by atoms with Crippen LogP contribution in [0, 0.1) is 23.2 Å². The molecule has 0 aromatic carbocycles. The van der Waals surface area contributed by atoms with E-state index in [9.17, 15) is 0 Å². The lowest BCUT2D eigenvalue weighted by atomic mass is 9.98. The first-order valence-corrected chi connectivity index (χ1v) is 9.41. The highest BCUT2D eigenvalue weighted by Gasteiger charge is 2.43. The highest BCUT2D eigenvalue weighted by Crippen LogP contribution is 2.54. The fraction of sp³-hybridized carbons (Fsp3) is 0.938. The molecule has 0 aliphatic heterocycles. The predicted molar refractivity (Wildman–Crippen MR) is 85.5 cm³/mol. The number of hydrogen-bond acceptors (Lipinski definition) is 4. The van der Waals surface area contributed by atoms with Crippen molar-refractivity contribution in [2.75, 3.05) is 6.61 Å². The summed E-state index contributed by atoms with van der Waals surface area (Å²) in [4.78, 5) is 0. The van der Waals surface area contributed by atoms with Gasteiger partial charge in [-0.25, -0.2) is 4.67 Å². The van der Waals surface area contributed by atoms with Crippen LogP contribution in [0.25, 0.3) is 0 Å². The molecule has 4 unspecified atom stereocenters. The fourth-order valence-corrected chi connectivity index (χ4v) is 5.52. The first-order valence-electron chi connectivity index (χ1n) is 8.28. The zero-order chi connectivity index (χ0) is 15.4. The summed E-state index contributed by atoms with van der Waals surface area (Å²) in [6.45, 7) is 9.22. The highest BCUT2D eigenvalue weighted by atomic mass is 31.2. The van der Waals surface area contributed by atoms with E-state index < -0.39 is 8.53 Å². The van der Waals surface area contributed by atoms with E-state index in [-0.39, 0.29) is 0 Å². The zero-order valence-corrected chi connectivity index (χ0v) is 14.7. The second-order valence-corrected chi connectivity index (χ2v) is 8.27. The van der Waals surface area contributed by atoms with Gasteiger partial charge in [0.25, 0.3) is 8.53 Å². The minimum absolute atomic E-state index is 0.372. The Morgan fingerprint density at radius 2 is 1.90 bits per heavy atom. The van der Waals surface area contributed by atoms with E-state index in [1.54, 1.807) is 0 Å². The van der Waals surface area contributed by atoms with Crippen molar-refractivity contribution in [2.24, 2.45) is 11.8 Å². The van der Waals surface area contributed by atoms with E-state index in [2.05, 4.69) is 38.4 Å². The van der Waals surface area contributed by atoms with Gasteiger partial charge < -0.3 is 9.05 Å². The average Bonchev–Trinajstić information content (AvgIpc) is 3.00. The predicted octanol–water partition coefficient (Wildman–Crippen LogP) is 4.47. The summed E-state index contributed by atoms with van der Waals surface area (Å²) in [7, 11) is -1.06. The van der Waals surface area contributed by atoms with E-state index in [0.717, 1.165) is 11.8 Å². The summed E-state index contributed by atoms with van der Waals surface area (Å²) in [5.74, 6) is 1.61. The summed E-state index contributed by atoms with van der Waals surface area (Å²) in [5, 5.41) is 8.73. The molecule has 0 radical (unpaired) electrons. The highest BCUT2D eigenvalue weighted by molar-refractivity contribution is 7.44. The van der Waals surface area contributed by atoms with Gasteiger partial charge in [0.05, 0.1) is 25.2 Å². The third kappa shape index (κ3) is 4.39. The maximum absolute atomic E-state index is 8.73. The van der Waals surface area contributed by atoms with Crippen molar-refractivity contribution in [3.8, 4) is 6.07 Å². The van der Waals surface area contributed by atoms with Crippen LogP contribution in [0.4, 0.5) is 0 Å². The van der Waals surface area contributed by atoms with Gasteiger partial charge in [-0.1, -0.05) is 0 Å². The molecule has 2 fully saturated rings. The Hall–Kier alpha value is -0.200. The van der Waals surface area contributed by atoms with Gasteiger partial charge in [0, 0.05) is 12.1 Å². The van der Waals surface area contributed by atoms with Crippen molar-refractivity contribution in [3.05, 3.63) is 0 Å². The quantitative estimate of drug-likeness (QED) is 0.490. The second-order valence-electron chi connectivity index (χ2n) is 6.87. The Morgan fingerprint density at radius 3 is 2.38 bits per heavy atom. The molecule has 0 amide bonds. The molecule has 120 valence electrons. The molecule has 0 N–H and O–H groups in total. The molecule has 0 spiro atoms. The molecule has 0 saturated heterocycles. The first kappa shape index (κ1) is 17.2. The molecule has 21 heavy (non-hydrogen) atoms. The van der Waals surface area contributed by atoms with Crippen molar-refractivity contribution in [3.63, 3.8) is 0 Å². The third-order valence-corrected chi connectivity index (χ3v) is 6.72. The van der Waals surface area contributed by atoms with Gasteiger partial charge in [-0.3, -0.25) is 0 Å². The monoisotopic (exact) mass is 312 g/mol. The smallest absolute Gasteiger partial charge is 0.259 e. The van der Waals surface area contributed by atoms with Crippen LogP contribution in [0.3, 0.4) is 0 Å².